The van der Waals surface area contributed by atoms with Crippen LogP contribution < -0.4 is 16.0 Å². The Morgan fingerprint density at radius 3 is 2.35 bits per heavy atom. The quantitative estimate of drug-likeness (QED) is 0.441. The van der Waals surface area contributed by atoms with Crippen LogP contribution in [0.25, 0.3) is 22.2 Å². The summed E-state index contributed by atoms with van der Waals surface area (Å²) in [6.45, 7) is 4.52. The lowest BCUT2D eigenvalue weighted by molar-refractivity contribution is -0.00702. The Morgan fingerprint density at radius 2 is 1.71 bits per heavy atom. The van der Waals surface area contributed by atoms with Crippen LogP contribution in [0.1, 0.15) is 31.2 Å². The van der Waals surface area contributed by atoms with Gasteiger partial charge in [0, 0.05) is 24.7 Å². The van der Waals surface area contributed by atoms with Crippen molar-refractivity contribution in [1.29, 1.82) is 0 Å². The van der Waals surface area contributed by atoms with Gasteiger partial charge in [-0.3, -0.25) is 13.9 Å². The maximum absolute atomic E-state index is 13.6. The van der Waals surface area contributed by atoms with Gasteiger partial charge in [0.15, 0.2) is 0 Å². The van der Waals surface area contributed by atoms with E-state index in [1.807, 2.05) is 48.5 Å². The summed E-state index contributed by atoms with van der Waals surface area (Å²) in [6, 6.07) is 15.1. The van der Waals surface area contributed by atoms with Gasteiger partial charge in [-0.25, -0.2) is 4.79 Å². The summed E-state index contributed by atoms with van der Waals surface area (Å²) in [5.41, 5.74) is 2.43. The van der Waals surface area contributed by atoms with Gasteiger partial charge < -0.3 is 14.0 Å². The summed E-state index contributed by atoms with van der Waals surface area (Å²) < 4.78 is 16.6. The first-order valence-electron chi connectivity index (χ1n) is 11.0. The van der Waals surface area contributed by atoms with Gasteiger partial charge in [-0.1, -0.05) is 29.8 Å². The predicted molar refractivity (Wildman–Crippen MR) is 133 cm³/mol. The van der Waals surface area contributed by atoms with Crippen LogP contribution >= 0.6 is 11.6 Å². The molecule has 2 aromatic heterocycles. The van der Waals surface area contributed by atoms with E-state index in [0.717, 1.165) is 32.8 Å². The van der Waals surface area contributed by atoms with Crippen molar-refractivity contribution in [2.75, 3.05) is 13.7 Å². The Kier molecular flexibility index (Phi) is 5.22. The molecule has 4 aromatic rings. The van der Waals surface area contributed by atoms with E-state index in [1.165, 1.54) is 11.6 Å². The molecule has 176 valence electrons. The number of methoxy groups -OCH3 is 1. The molecule has 0 amide bonds. The molecule has 3 heterocycles. The van der Waals surface area contributed by atoms with Gasteiger partial charge >= 0.3 is 5.69 Å². The van der Waals surface area contributed by atoms with E-state index >= 15 is 0 Å². The Balaban J connectivity index is 2.00. The number of rotatable bonds is 3. The third-order valence-corrected chi connectivity index (χ3v) is 6.96. The number of fused-ring (bicyclic) bond motifs is 3. The van der Waals surface area contributed by atoms with Crippen LogP contribution in [0.5, 0.6) is 5.75 Å². The molecule has 0 bridgehead atoms. The summed E-state index contributed by atoms with van der Waals surface area (Å²) in [5.74, 6) is 0.718. The smallest absolute Gasteiger partial charge is 0.331 e. The molecule has 34 heavy (non-hydrogen) atoms. The number of aromatic nitrogens is 3. The molecule has 1 atom stereocenters. The van der Waals surface area contributed by atoms with Crippen molar-refractivity contribution in [2.24, 2.45) is 14.1 Å². The minimum Gasteiger partial charge on any atom is -0.497 e. The van der Waals surface area contributed by atoms with Crippen molar-refractivity contribution >= 4 is 22.5 Å². The van der Waals surface area contributed by atoms with Crippen LogP contribution in [0.15, 0.2) is 58.1 Å². The summed E-state index contributed by atoms with van der Waals surface area (Å²) in [7, 11) is 4.81. The summed E-state index contributed by atoms with van der Waals surface area (Å²) in [5, 5.41) is 1.04. The Labute approximate surface area is 201 Å². The molecule has 0 spiro atoms. The van der Waals surface area contributed by atoms with Gasteiger partial charge in [0.25, 0.3) is 5.56 Å². The second kappa shape index (κ2) is 7.89. The molecule has 0 unspecified atom stereocenters. The fraction of sp³-hybridized carbons (Fsp3) is 0.308. The fourth-order valence-corrected chi connectivity index (χ4v) is 5.18. The molecule has 0 radical (unpaired) electrons. The van der Waals surface area contributed by atoms with E-state index in [-0.39, 0.29) is 5.56 Å². The first kappa shape index (κ1) is 22.5. The largest absolute Gasteiger partial charge is 0.497 e. The number of benzene rings is 2. The van der Waals surface area contributed by atoms with Crippen molar-refractivity contribution in [3.63, 3.8) is 0 Å². The van der Waals surface area contributed by atoms with Gasteiger partial charge in [-0.2, -0.15) is 0 Å². The second-order valence-electron chi connectivity index (χ2n) is 9.25. The molecule has 8 heteroatoms. The minimum absolute atomic E-state index is 0.348. The zero-order chi connectivity index (χ0) is 24.4. The second-order valence-corrected chi connectivity index (χ2v) is 9.66. The van der Waals surface area contributed by atoms with Gasteiger partial charge in [-0.15, -0.1) is 0 Å². The lowest BCUT2D eigenvalue weighted by atomic mass is 9.98. The van der Waals surface area contributed by atoms with E-state index in [4.69, 9.17) is 21.1 Å². The number of hydrogen-bond donors (Lipinski definition) is 0. The SMILES string of the molecule is COc1ccc(-c2c3c(=O)n(C)c(=O)n(C)c3c3n2C(C)(C)CO[C@H]3c2ccccc2Cl)cc1. The molecule has 1 aliphatic rings. The van der Waals surface area contributed by atoms with Crippen LogP contribution in [0.3, 0.4) is 0 Å². The van der Waals surface area contributed by atoms with E-state index in [1.54, 1.807) is 14.2 Å². The molecule has 0 aliphatic carbocycles. The number of halogens is 1. The fourth-order valence-electron chi connectivity index (χ4n) is 4.94. The topological polar surface area (TPSA) is 67.4 Å². The normalized spacial score (nSPS) is 17.1. The molecular weight excluding hydrogens is 454 g/mol. The minimum atomic E-state index is -0.547. The molecule has 0 saturated carbocycles. The Bertz CT molecular complexity index is 1540. The van der Waals surface area contributed by atoms with Crippen molar-refractivity contribution in [3.8, 4) is 17.0 Å². The van der Waals surface area contributed by atoms with Gasteiger partial charge in [0.05, 0.1) is 41.5 Å². The van der Waals surface area contributed by atoms with Crippen molar-refractivity contribution < 1.29 is 9.47 Å². The lowest BCUT2D eigenvalue weighted by Gasteiger charge is -2.39. The highest BCUT2D eigenvalue weighted by atomic mass is 35.5. The van der Waals surface area contributed by atoms with Crippen LogP contribution in [0.4, 0.5) is 0 Å². The monoisotopic (exact) mass is 479 g/mol. The van der Waals surface area contributed by atoms with Crippen LogP contribution in [0, 0.1) is 0 Å². The highest BCUT2D eigenvalue weighted by Crippen LogP contribution is 2.46. The van der Waals surface area contributed by atoms with Crippen LogP contribution in [0.2, 0.25) is 5.02 Å². The maximum Gasteiger partial charge on any atom is 0.331 e. The number of ether oxygens (including phenoxy) is 2. The molecular formula is C26H26ClN3O4. The van der Waals surface area contributed by atoms with Crippen LogP contribution in [-0.2, 0) is 24.4 Å². The Morgan fingerprint density at radius 1 is 1.03 bits per heavy atom. The predicted octanol–water partition coefficient (Wildman–Crippen LogP) is 4.22. The molecule has 2 aromatic carbocycles. The first-order chi connectivity index (χ1) is 16.2. The molecule has 7 nitrogen and oxygen atoms in total. The maximum atomic E-state index is 13.6. The standard InChI is InChI=1S/C26H26ClN3O4/c1-26(2)14-34-23(17-8-6-7-9-18(17)27)22-21-19(24(31)29(4)25(32)28(21)3)20(30(22)26)15-10-12-16(33-5)13-11-15/h6-13,23H,14H2,1-5H3/t23-/m0/s1. The number of aryl methyl sites for hydroxylation is 1. The van der Waals surface area contributed by atoms with E-state index in [9.17, 15) is 9.59 Å². The summed E-state index contributed by atoms with van der Waals surface area (Å²) in [4.78, 5) is 26.6. The Hall–Kier alpha value is -3.29. The van der Waals surface area contributed by atoms with E-state index < -0.39 is 17.3 Å². The molecule has 1 aliphatic heterocycles. The van der Waals surface area contributed by atoms with E-state index in [2.05, 4.69) is 18.4 Å². The first-order valence-corrected chi connectivity index (χ1v) is 11.4. The van der Waals surface area contributed by atoms with Crippen molar-refractivity contribution in [2.45, 2.75) is 25.5 Å². The average molecular weight is 480 g/mol. The summed E-state index contributed by atoms with van der Waals surface area (Å²) >= 11 is 6.59. The third kappa shape index (κ3) is 3.15. The molecule has 0 fully saturated rings. The van der Waals surface area contributed by atoms with E-state index in [0.29, 0.717) is 22.5 Å². The summed E-state index contributed by atoms with van der Waals surface area (Å²) in [6.07, 6.45) is -0.547. The number of hydrogen-bond acceptors (Lipinski definition) is 4. The van der Waals surface area contributed by atoms with Crippen molar-refractivity contribution in [3.05, 3.63) is 85.6 Å². The number of nitrogens with zero attached hydrogens (tertiary/aromatic N) is 3. The molecule has 0 N–H and O–H groups in total. The lowest BCUT2D eigenvalue weighted by Crippen LogP contribution is -2.40. The van der Waals surface area contributed by atoms with Gasteiger partial charge in [0.2, 0.25) is 0 Å². The van der Waals surface area contributed by atoms with Gasteiger partial charge in [0.1, 0.15) is 11.9 Å². The third-order valence-electron chi connectivity index (χ3n) is 6.62. The highest BCUT2D eigenvalue weighted by Gasteiger charge is 2.41. The zero-order valence-electron chi connectivity index (χ0n) is 19.8. The molecule has 0 saturated heterocycles. The molecule has 5 rings (SSSR count). The van der Waals surface area contributed by atoms with Crippen molar-refractivity contribution in [1.82, 2.24) is 13.7 Å². The van der Waals surface area contributed by atoms with Gasteiger partial charge in [-0.05, 0) is 49.7 Å². The van der Waals surface area contributed by atoms with Crippen LogP contribution in [-0.4, -0.2) is 27.4 Å². The highest BCUT2D eigenvalue weighted by molar-refractivity contribution is 6.31. The zero-order valence-corrected chi connectivity index (χ0v) is 20.5. The average Bonchev–Trinajstić information content (AvgIpc) is 3.20.